The third-order valence-corrected chi connectivity index (χ3v) is 4.38. The van der Waals surface area contributed by atoms with Gasteiger partial charge in [-0.3, -0.25) is 4.79 Å². The van der Waals surface area contributed by atoms with Crippen LogP contribution in [0.2, 0.25) is 5.02 Å². The molecule has 1 N–H and O–H groups in total. The van der Waals surface area contributed by atoms with Gasteiger partial charge in [-0.15, -0.1) is 0 Å². The summed E-state index contributed by atoms with van der Waals surface area (Å²) >= 11 is 6.19. The molecule has 0 saturated carbocycles. The minimum absolute atomic E-state index is 0.241. The van der Waals surface area contributed by atoms with Gasteiger partial charge in [-0.1, -0.05) is 41.0 Å². The molecule has 0 spiro atoms. The van der Waals surface area contributed by atoms with Crippen molar-refractivity contribution in [3.63, 3.8) is 0 Å². The van der Waals surface area contributed by atoms with Crippen LogP contribution >= 0.6 is 11.6 Å². The van der Waals surface area contributed by atoms with E-state index in [1.54, 1.807) is 36.4 Å². The van der Waals surface area contributed by atoms with Gasteiger partial charge in [-0.05, 0) is 48.5 Å². The number of hydrogen-bond donors (Lipinski definition) is 1. The Bertz CT molecular complexity index is 1140. The lowest BCUT2D eigenvalue weighted by molar-refractivity contribution is 0.102. The second kappa shape index (κ2) is 7.62. The highest BCUT2D eigenvalue weighted by atomic mass is 35.5. The summed E-state index contributed by atoms with van der Waals surface area (Å²) in [7, 11) is 0. The summed E-state index contributed by atoms with van der Waals surface area (Å²) in [6.45, 7) is 0. The number of anilines is 1. The lowest BCUT2D eigenvalue weighted by Gasteiger charge is -2.08. The van der Waals surface area contributed by atoms with Crippen molar-refractivity contribution < 1.29 is 13.7 Å². The van der Waals surface area contributed by atoms with Crippen molar-refractivity contribution in [3.8, 4) is 22.8 Å². The van der Waals surface area contributed by atoms with E-state index in [1.165, 1.54) is 24.3 Å². The van der Waals surface area contributed by atoms with Crippen LogP contribution in [0.1, 0.15) is 10.4 Å². The number of benzene rings is 3. The normalized spacial score (nSPS) is 10.6. The Balaban J connectivity index is 1.64. The van der Waals surface area contributed by atoms with Gasteiger partial charge in [0.1, 0.15) is 5.82 Å². The summed E-state index contributed by atoms with van der Waals surface area (Å²) in [5, 5.41) is 7.28. The average Bonchev–Trinajstić information content (AvgIpc) is 3.19. The monoisotopic (exact) mass is 393 g/mol. The maximum absolute atomic E-state index is 13.1. The van der Waals surface area contributed by atoms with Gasteiger partial charge in [-0.25, -0.2) is 4.39 Å². The molecule has 138 valence electrons. The first-order valence-corrected chi connectivity index (χ1v) is 8.74. The van der Waals surface area contributed by atoms with Crippen molar-refractivity contribution in [1.82, 2.24) is 10.1 Å². The second-order valence-corrected chi connectivity index (χ2v) is 6.32. The summed E-state index contributed by atoms with van der Waals surface area (Å²) in [6, 6.07) is 19.5. The number of amides is 1. The molecule has 0 fully saturated rings. The Morgan fingerprint density at radius 2 is 1.61 bits per heavy atom. The first-order chi connectivity index (χ1) is 13.6. The summed E-state index contributed by atoms with van der Waals surface area (Å²) in [5.74, 6) is -0.196. The van der Waals surface area contributed by atoms with Crippen molar-refractivity contribution in [3.05, 3.63) is 89.2 Å². The van der Waals surface area contributed by atoms with Gasteiger partial charge in [0.2, 0.25) is 5.82 Å². The van der Waals surface area contributed by atoms with E-state index in [2.05, 4.69) is 15.5 Å². The predicted octanol–water partition coefficient (Wildman–Crippen LogP) is 5.45. The first kappa shape index (κ1) is 17.9. The quantitative estimate of drug-likeness (QED) is 0.500. The molecular weight excluding hydrogens is 381 g/mol. The Morgan fingerprint density at radius 3 is 2.36 bits per heavy atom. The van der Waals surface area contributed by atoms with E-state index < -0.39 is 5.82 Å². The standard InChI is InChI=1S/C21H13ClFN3O2/c22-17-7-3-1-5-15(17)19-25-21(28-26-19)16-6-2-4-8-18(16)24-20(27)13-9-11-14(23)12-10-13/h1-12H,(H,24,27). The minimum atomic E-state index is -0.407. The molecule has 0 atom stereocenters. The number of hydrogen-bond acceptors (Lipinski definition) is 4. The van der Waals surface area contributed by atoms with Gasteiger partial charge >= 0.3 is 0 Å². The van der Waals surface area contributed by atoms with Crippen LogP contribution in [0.4, 0.5) is 10.1 Å². The molecule has 28 heavy (non-hydrogen) atoms. The van der Waals surface area contributed by atoms with Gasteiger partial charge in [0.25, 0.3) is 11.8 Å². The molecule has 0 aliphatic carbocycles. The summed E-state index contributed by atoms with van der Waals surface area (Å²) in [4.78, 5) is 16.9. The number of nitrogens with one attached hydrogen (secondary N) is 1. The van der Waals surface area contributed by atoms with E-state index in [4.69, 9.17) is 16.1 Å². The van der Waals surface area contributed by atoms with Crippen molar-refractivity contribution in [2.45, 2.75) is 0 Å². The molecule has 0 aliphatic heterocycles. The van der Waals surface area contributed by atoms with Crippen molar-refractivity contribution in [2.24, 2.45) is 0 Å². The fourth-order valence-corrected chi connectivity index (χ4v) is 2.88. The van der Waals surface area contributed by atoms with Crippen LogP contribution in [-0.4, -0.2) is 16.0 Å². The molecule has 3 aromatic carbocycles. The van der Waals surface area contributed by atoms with E-state index in [0.717, 1.165) is 0 Å². The first-order valence-electron chi connectivity index (χ1n) is 8.37. The average molecular weight is 394 g/mol. The third kappa shape index (κ3) is 3.63. The smallest absolute Gasteiger partial charge is 0.260 e. The Morgan fingerprint density at radius 1 is 0.929 bits per heavy atom. The number of nitrogens with zero attached hydrogens (tertiary/aromatic N) is 2. The largest absolute Gasteiger partial charge is 0.334 e. The molecule has 0 aliphatic rings. The zero-order valence-corrected chi connectivity index (χ0v) is 15.2. The number of aromatic nitrogens is 2. The van der Waals surface area contributed by atoms with E-state index in [-0.39, 0.29) is 11.8 Å². The molecular formula is C21H13ClFN3O2. The highest BCUT2D eigenvalue weighted by molar-refractivity contribution is 6.33. The second-order valence-electron chi connectivity index (χ2n) is 5.91. The minimum Gasteiger partial charge on any atom is -0.334 e. The van der Waals surface area contributed by atoms with E-state index in [0.29, 0.717) is 33.2 Å². The summed E-state index contributed by atoms with van der Waals surface area (Å²) in [5.41, 5.74) is 2.03. The molecule has 4 aromatic rings. The molecule has 1 aromatic heterocycles. The number of halogens is 2. The van der Waals surface area contributed by atoms with Crippen LogP contribution in [0.25, 0.3) is 22.8 Å². The molecule has 0 radical (unpaired) electrons. The van der Waals surface area contributed by atoms with Gasteiger partial charge in [-0.2, -0.15) is 4.98 Å². The summed E-state index contributed by atoms with van der Waals surface area (Å²) < 4.78 is 18.4. The molecule has 1 heterocycles. The van der Waals surface area contributed by atoms with Crippen molar-refractivity contribution >= 4 is 23.2 Å². The van der Waals surface area contributed by atoms with E-state index in [9.17, 15) is 9.18 Å². The molecule has 5 nitrogen and oxygen atoms in total. The molecule has 0 bridgehead atoms. The van der Waals surface area contributed by atoms with Gasteiger partial charge < -0.3 is 9.84 Å². The lowest BCUT2D eigenvalue weighted by Crippen LogP contribution is -2.12. The maximum Gasteiger partial charge on any atom is 0.260 e. The third-order valence-electron chi connectivity index (χ3n) is 4.05. The number of carbonyl (C=O) groups excluding carboxylic acids is 1. The molecule has 4 rings (SSSR count). The Labute approximate surface area is 164 Å². The lowest BCUT2D eigenvalue weighted by atomic mass is 10.1. The molecule has 7 heteroatoms. The topological polar surface area (TPSA) is 68.0 Å². The predicted molar refractivity (Wildman–Crippen MR) is 105 cm³/mol. The maximum atomic E-state index is 13.1. The van der Waals surface area contributed by atoms with Gasteiger partial charge in [0.05, 0.1) is 16.3 Å². The fourth-order valence-electron chi connectivity index (χ4n) is 2.66. The zero-order valence-electron chi connectivity index (χ0n) is 14.4. The van der Waals surface area contributed by atoms with Crippen LogP contribution in [0.3, 0.4) is 0 Å². The van der Waals surface area contributed by atoms with Crippen LogP contribution in [0.5, 0.6) is 0 Å². The van der Waals surface area contributed by atoms with Gasteiger partial charge in [0.15, 0.2) is 0 Å². The molecule has 1 amide bonds. The van der Waals surface area contributed by atoms with E-state index >= 15 is 0 Å². The highest BCUT2D eigenvalue weighted by Gasteiger charge is 2.17. The highest BCUT2D eigenvalue weighted by Crippen LogP contribution is 2.31. The zero-order chi connectivity index (χ0) is 19.5. The number of carbonyl (C=O) groups is 1. The Hall–Kier alpha value is -3.51. The van der Waals surface area contributed by atoms with Crippen LogP contribution in [0, 0.1) is 5.82 Å². The van der Waals surface area contributed by atoms with Crippen LogP contribution < -0.4 is 5.32 Å². The SMILES string of the molecule is O=C(Nc1ccccc1-c1nc(-c2ccccc2Cl)no1)c1ccc(F)cc1. The molecule has 0 unspecified atom stereocenters. The van der Waals surface area contributed by atoms with Crippen LogP contribution in [0.15, 0.2) is 77.3 Å². The van der Waals surface area contributed by atoms with E-state index in [1.807, 2.05) is 12.1 Å². The number of para-hydroxylation sites is 1. The van der Waals surface area contributed by atoms with Crippen LogP contribution in [-0.2, 0) is 0 Å². The van der Waals surface area contributed by atoms with Gasteiger partial charge in [0, 0.05) is 11.1 Å². The fraction of sp³-hybridized carbons (Fsp3) is 0. The number of rotatable bonds is 4. The summed E-state index contributed by atoms with van der Waals surface area (Å²) in [6.07, 6.45) is 0. The van der Waals surface area contributed by atoms with Crippen molar-refractivity contribution in [1.29, 1.82) is 0 Å². The molecule has 0 saturated heterocycles. The Kier molecular flexibility index (Phi) is 4.87. The van der Waals surface area contributed by atoms with Crippen molar-refractivity contribution in [2.75, 3.05) is 5.32 Å².